The zero-order valence-corrected chi connectivity index (χ0v) is 28.1. The number of rotatable bonds is 6. The van der Waals surface area contributed by atoms with Gasteiger partial charge in [-0.05, 0) is 59.7 Å². The second kappa shape index (κ2) is 12.3. The second-order valence-electron chi connectivity index (χ2n) is 12.9. The van der Waals surface area contributed by atoms with Gasteiger partial charge in [-0.15, -0.1) is 0 Å². The van der Waals surface area contributed by atoms with E-state index in [1.165, 1.54) is 27.3 Å². The van der Waals surface area contributed by atoms with Gasteiger partial charge in [-0.2, -0.15) is 0 Å². The molecule has 0 atom stereocenters. The van der Waals surface area contributed by atoms with Crippen molar-refractivity contribution in [1.82, 2.24) is 24.1 Å². The van der Waals surface area contributed by atoms with Gasteiger partial charge in [-0.1, -0.05) is 140 Å². The van der Waals surface area contributed by atoms with Gasteiger partial charge in [-0.3, -0.25) is 0 Å². The topological polar surface area (TPSA) is 48.5 Å². The lowest BCUT2D eigenvalue weighted by atomic mass is 10.0. The van der Waals surface area contributed by atoms with Gasteiger partial charge in [-0.25, -0.2) is 15.0 Å². The van der Waals surface area contributed by atoms with E-state index < -0.39 is 0 Å². The Morgan fingerprint density at radius 3 is 1.31 bits per heavy atom. The van der Waals surface area contributed by atoms with E-state index in [1.807, 2.05) is 60.7 Å². The fraction of sp³-hybridized carbons (Fsp3) is 0. The number of para-hydroxylation sites is 3. The third-order valence-electron chi connectivity index (χ3n) is 9.75. The third-order valence-corrected chi connectivity index (χ3v) is 9.75. The highest BCUT2D eigenvalue weighted by atomic mass is 15.1. The first kappa shape index (κ1) is 29.8. The van der Waals surface area contributed by atoms with Crippen molar-refractivity contribution in [2.24, 2.45) is 0 Å². The molecular formula is C47H31N5. The summed E-state index contributed by atoms with van der Waals surface area (Å²) in [6.45, 7) is 0. The minimum absolute atomic E-state index is 0.637. The predicted octanol–water partition coefficient (Wildman–Crippen LogP) is 11.6. The predicted molar refractivity (Wildman–Crippen MR) is 213 cm³/mol. The fourth-order valence-electron chi connectivity index (χ4n) is 7.38. The van der Waals surface area contributed by atoms with Crippen LogP contribution in [0.15, 0.2) is 188 Å². The standard InChI is InChI=1S/C47H31N5/c1-5-16-32(17-6-1)45-48-46(33-18-7-2-8-19-33)50-47(49-45)36-21-15-20-34(30-36)35-28-29-42-40(31-35)44-43(52(42)38-24-11-4-12-25-38)39-26-13-14-27-41(39)51(44)37-22-9-3-10-23-37/h1-31H. The zero-order valence-electron chi connectivity index (χ0n) is 28.1. The summed E-state index contributed by atoms with van der Waals surface area (Å²) >= 11 is 0. The Labute approximate surface area is 300 Å². The van der Waals surface area contributed by atoms with E-state index in [4.69, 9.17) is 15.0 Å². The Morgan fingerprint density at radius 2 is 0.712 bits per heavy atom. The van der Waals surface area contributed by atoms with E-state index in [1.54, 1.807) is 0 Å². The van der Waals surface area contributed by atoms with E-state index in [0.29, 0.717) is 17.5 Å². The summed E-state index contributed by atoms with van der Waals surface area (Å²) < 4.78 is 4.82. The maximum atomic E-state index is 5.00. The molecule has 0 aliphatic rings. The summed E-state index contributed by atoms with van der Waals surface area (Å²) in [6.07, 6.45) is 0. The van der Waals surface area contributed by atoms with Crippen molar-refractivity contribution in [3.05, 3.63) is 188 Å². The molecule has 0 radical (unpaired) electrons. The molecule has 5 nitrogen and oxygen atoms in total. The van der Waals surface area contributed by atoms with Crippen molar-refractivity contribution in [3.8, 4) is 56.7 Å². The van der Waals surface area contributed by atoms with Crippen LogP contribution in [0.2, 0.25) is 0 Å². The molecule has 52 heavy (non-hydrogen) atoms. The monoisotopic (exact) mass is 665 g/mol. The SMILES string of the molecule is c1ccc(-c2nc(-c3ccccc3)nc(-c3cccc(-c4ccc5c(c4)c4c(c6ccccc6n4-c4ccccc4)n5-c4ccccc4)c3)n2)cc1. The molecule has 0 aliphatic heterocycles. The molecule has 3 aromatic heterocycles. The molecule has 244 valence electrons. The smallest absolute Gasteiger partial charge is 0.164 e. The lowest BCUT2D eigenvalue weighted by Gasteiger charge is -2.11. The minimum Gasteiger partial charge on any atom is -0.307 e. The largest absolute Gasteiger partial charge is 0.307 e. The molecule has 5 heteroatoms. The van der Waals surface area contributed by atoms with Crippen molar-refractivity contribution < 1.29 is 0 Å². The van der Waals surface area contributed by atoms with E-state index in [-0.39, 0.29) is 0 Å². The second-order valence-corrected chi connectivity index (χ2v) is 12.9. The quantitative estimate of drug-likeness (QED) is 0.178. The maximum Gasteiger partial charge on any atom is 0.164 e. The molecule has 0 N–H and O–H groups in total. The van der Waals surface area contributed by atoms with Gasteiger partial charge in [0.1, 0.15) is 0 Å². The molecular weight excluding hydrogens is 635 g/mol. The van der Waals surface area contributed by atoms with E-state index >= 15 is 0 Å². The van der Waals surface area contributed by atoms with Gasteiger partial charge in [0.15, 0.2) is 17.5 Å². The van der Waals surface area contributed by atoms with Crippen molar-refractivity contribution in [2.75, 3.05) is 0 Å². The summed E-state index contributed by atoms with van der Waals surface area (Å²) in [5, 5.41) is 2.39. The first-order valence-electron chi connectivity index (χ1n) is 17.5. The van der Waals surface area contributed by atoms with Gasteiger partial charge in [0.2, 0.25) is 0 Å². The van der Waals surface area contributed by atoms with E-state index in [9.17, 15) is 0 Å². The zero-order chi connectivity index (χ0) is 34.4. The summed E-state index contributed by atoms with van der Waals surface area (Å²) in [7, 11) is 0. The van der Waals surface area contributed by atoms with E-state index in [0.717, 1.165) is 44.7 Å². The number of aromatic nitrogens is 5. The molecule has 10 aromatic rings. The molecule has 0 saturated carbocycles. The fourth-order valence-corrected chi connectivity index (χ4v) is 7.38. The van der Waals surface area contributed by atoms with Crippen molar-refractivity contribution in [2.45, 2.75) is 0 Å². The minimum atomic E-state index is 0.637. The third kappa shape index (κ3) is 4.98. The first-order valence-corrected chi connectivity index (χ1v) is 17.5. The molecule has 0 bridgehead atoms. The van der Waals surface area contributed by atoms with Crippen LogP contribution < -0.4 is 0 Å². The molecule has 0 spiro atoms. The van der Waals surface area contributed by atoms with Crippen LogP contribution >= 0.6 is 0 Å². The number of fused-ring (bicyclic) bond motifs is 5. The highest BCUT2D eigenvalue weighted by molar-refractivity contribution is 6.20. The van der Waals surface area contributed by atoms with Crippen molar-refractivity contribution >= 4 is 32.8 Å². The van der Waals surface area contributed by atoms with Crippen molar-refractivity contribution in [3.63, 3.8) is 0 Å². The molecule has 10 rings (SSSR count). The lowest BCUT2D eigenvalue weighted by molar-refractivity contribution is 1.07. The van der Waals surface area contributed by atoms with Gasteiger partial charge in [0, 0.05) is 38.8 Å². The normalized spacial score (nSPS) is 11.5. The van der Waals surface area contributed by atoms with Crippen LogP contribution in [0, 0.1) is 0 Å². The highest BCUT2D eigenvalue weighted by Crippen LogP contribution is 2.42. The Hall–Kier alpha value is -7.11. The number of nitrogens with zero attached hydrogens (tertiary/aromatic N) is 5. The Balaban J connectivity index is 1.19. The van der Waals surface area contributed by atoms with Crippen LogP contribution in [0.5, 0.6) is 0 Å². The molecule has 3 heterocycles. The Kier molecular flexibility index (Phi) is 7.07. The molecule has 0 aliphatic carbocycles. The van der Waals surface area contributed by atoms with Gasteiger partial charge in [0.05, 0.1) is 22.1 Å². The molecule has 0 fully saturated rings. The number of hydrogen-bond acceptors (Lipinski definition) is 3. The van der Waals surface area contributed by atoms with Crippen LogP contribution in [-0.4, -0.2) is 24.1 Å². The van der Waals surface area contributed by atoms with Crippen LogP contribution in [-0.2, 0) is 0 Å². The summed E-state index contributed by atoms with van der Waals surface area (Å²) in [6, 6.07) is 65.6. The van der Waals surface area contributed by atoms with Gasteiger partial charge < -0.3 is 9.13 Å². The van der Waals surface area contributed by atoms with Crippen LogP contribution in [0.4, 0.5) is 0 Å². The summed E-state index contributed by atoms with van der Waals surface area (Å²) in [5.41, 5.74) is 12.0. The highest BCUT2D eigenvalue weighted by Gasteiger charge is 2.22. The summed E-state index contributed by atoms with van der Waals surface area (Å²) in [5.74, 6) is 1.93. The lowest BCUT2D eigenvalue weighted by Crippen LogP contribution is -2.00. The Bertz CT molecular complexity index is 2780. The summed E-state index contributed by atoms with van der Waals surface area (Å²) in [4.78, 5) is 14.9. The number of benzene rings is 7. The molecule has 7 aromatic carbocycles. The average molecular weight is 666 g/mol. The van der Waals surface area contributed by atoms with Gasteiger partial charge >= 0.3 is 0 Å². The van der Waals surface area contributed by atoms with Gasteiger partial charge in [0.25, 0.3) is 0 Å². The van der Waals surface area contributed by atoms with E-state index in [2.05, 4.69) is 137 Å². The average Bonchev–Trinajstić information content (AvgIpc) is 3.74. The maximum absolute atomic E-state index is 5.00. The first-order chi connectivity index (χ1) is 25.8. The Morgan fingerprint density at radius 1 is 0.288 bits per heavy atom. The van der Waals surface area contributed by atoms with Crippen LogP contribution in [0.25, 0.3) is 89.5 Å². The number of hydrogen-bond donors (Lipinski definition) is 0. The van der Waals surface area contributed by atoms with Crippen LogP contribution in [0.1, 0.15) is 0 Å². The van der Waals surface area contributed by atoms with Crippen molar-refractivity contribution in [1.29, 1.82) is 0 Å². The molecule has 0 unspecified atom stereocenters. The molecule has 0 saturated heterocycles. The van der Waals surface area contributed by atoms with Crippen LogP contribution in [0.3, 0.4) is 0 Å². The molecule has 0 amide bonds.